The molecular formula is C18H16BrNO3. The van der Waals surface area contributed by atoms with Crippen LogP contribution in [0.4, 0.5) is 0 Å². The second-order valence-electron chi connectivity index (χ2n) is 5.17. The number of fused-ring (bicyclic) bond motifs is 1. The van der Waals surface area contributed by atoms with Gasteiger partial charge in [0.25, 0.3) is 0 Å². The summed E-state index contributed by atoms with van der Waals surface area (Å²) in [6.45, 7) is 0.633. The van der Waals surface area contributed by atoms with Crippen molar-refractivity contribution in [2.45, 2.75) is 6.54 Å². The average Bonchev–Trinajstić information content (AvgIpc) is 2.93. The van der Waals surface area contributed by atoms with Crippen molar-refractivity contribution in [3.63, 3.8) is 0 Å². The number of halogens is 1. The van der Waals surface area contributed by atoms with Gasteiger partial charge in [-0.2, -0.15) is 0 Å². The Labute approximate surface area is 142 Å². The predicted molar refractivity (Wildman–Crippen MR) is 93.7 cm³/mol. The average molecular weight is 374 g/mol. The van der Waals surface area contributed by atoms with Gasteiger partial charge in [-0.1, -0.05) is 15.9 Å². The fourth-order valence-corrected chi connectivity index (χ4v) is 3.01. The van der Waals surface area contributed by atoms with Crippen molar-refractivity contribution in [2.75, 3.05) is 14.2 Å². The quantitative estimate of drug-likeness (QED) is 0.626. The van der Waals surface area contributed by atoms with E-state index in [1.807, 2.05) is 42.6 Å². The lowest BCUT2D eigenvalue weighted by molar-refractivity contribution is 0.112. The molecule has 0 aliphatic rings. The summed E-state index contributed by atoms with van der Waals surface area (Å²) < 4.78 is 13.6. The zero-order valence-corrected chi connectivity index (χ0v) is 14.5. The molecule has 0 aliphatic carbocycles. The van der Waals surface area contributed by atoms with Gasteiger partial charge in [0.2, 0.25) is 0 Å². The van der Waals surface area contributed by atoms with Gasteiger partial charge in [-0.15, -0.1) is 0 Å². The highest BCUT2D eigenvalue weighted by Crippen LogP contribution is 2.28. The zero-order chi connectivity index (χ0) is 16.4. The fraction of sp³-hybridized carbons (Fsp3) is 0.167. The molecule has 1 aromatic heterocycles. The summed E-state index contributed by atoms with van der Waals surface area (Å²) in [5.41, 5.74) is 2.72. The topological polar surface area (TPSA) is 40.5 Å². The van der Waals surface area contributed by atoms with Gasteiger partial charge in [0.05, 0.1) is 14.2 Å². The highest BCUT2D eigenvalue weighted by Gasteiger charge is 2.11. The van der Waals surface area contributed by atoms with Crippen LogP contribution in [0, 0.1) is 0 Å². The maximum absolute atomic E-state index is 11.4. The summed E-state index contributed by atoms with van der Waals surface area (Å²) in [6.07, 6.45) is 2.74. The van der Waals surface area contributed by atoms with Crippen LogP contribution >= 0.6 is 15.9 Å². The van der Waals surface area contributed by atoms with Crippen molar-refractivity contribution < 1.29 is 14.3 Å². The summed E-state index contributed by atoms with van der Waals surface area (Å²) in [5, 5.41) is 0.887. The Morgan fingerprint density at radius 2 is 1.78 bits per heavy atom. The predicted octanol–water partition coefficient (Wildman–Crippen LogP) is 4.28. The van der Waals surface area contributed by atoms with E-state index in [2.05, 4.69) is 20.5 Å². The number of aromatic nitrogens is 1. The highest BCUT2D eigenvalue weighted by atomic mass is 79.9. The van der Waals surface area contributed by atoms with Crippen molar-refractivity contribution in [3.8, 4) is 11.5 Å². The third-order valence-corrected chi connectivity index (χ3v) is 4.61. The van der Waals surface area contributed by atoms with Crippen LogP contribution in [0.1, 0.15) is 15.9 Å². The second-order valence-corrected chi connectivity index (χ2v) is 6.02. The van der Waals surface area contributed by atoms with Crippen molar-refractivity contribution in [2.24, 2.45) is 0 Å². The lowest BCUT2D eigenvalue weighted by Crippen LogP contribution is -1.99. The maximum Gasteiger partial charge on any atom is 0.152 e. The molecule has 0 bridgehead atoms. The Balaban J connectivity index is 2.08. The minimum absolute atomic E-state index is 0.633. The number of benzene rings is 2. The van der Waals surface area contributed by atoms with E-state index in [1.165, 1.54) is 0 Å². The monoisotopic (exact) mass is 373 g/mol. The van der Waals surface area contributed by atoms with Crippen LogP contribution in [0.3, 0.4) is 0 Å². The highest BCUT2D eigenvalue weighted by molar-refractivity contribution is 9.10. The summed E-state index contributed by atoms with van der Waals surface area (Å²) in [4.78, 5) is 11.4. The molecule has 3 aromatic rings. The van der Waals surface area contributed by atoms with Gasteiger partial charge >= 0.3 is 0 Å². The summed E-state index contributed by atoms with van der Waals surface area (Å²) in [6, 6.07) is 11.6. The van der Waals surface area contributed by atoms with Crippen LogP contribution in [0.2, 0.25) is 0 Å². The molecule has 0 unspecified atom stereocenters. The number of hydrogen-bond acceptors (Lipinski definition) is 3. The molecule has 118 valence electrons. The van der Waals surface area contributed by atoms with E-state index in [0.717, 1.165) is 38.7 Å². The first kappa shape index (κ1) is 15.6. The van der Waals surface area contributed by atoms with Crippen LogP contribution in [0.25, 0.3) is 10.9 Å². The first-order valence-electron chi connectivity index (χ1n) is 7.10. The lowest BCUT2D eigenvalue weighted by atomic mass is 10.2. The lowest BCUT2D eigenvalue weighted by Gasteiger charge is -2.10. The van der Waals surface area contributed by atoms with E-state index in [-0.39, 0.29) is 0 Å². The number of ether oxygens (including phenoxy) is 2. The number of nitrogens with zero attached hydrogens (tertiary/aromatic N) is 1. The van der Waals surface area contributed by atoms with Crippen molar-refractivity contribution >= 4 is 33.1 Å². The Hall–Kier alpha value is -2.27. The molecule has 0 N–H and O–H groups in total. The van der Waals surface area contributed by atoms with Gasteiger partial charge in [0.15, 0.2) is 6.29 Å². The number of carbonyl (C=O) groups excluding carboxylic acids is 1. The Morgan fingerprint density at radius 3 is 2.48 bits per heavy atom. The minimum atomic E-state index is 0.633. The maximum atomic E-state index is 11.4. The molecule has 4 nitrogen and oxygen atoms in total. The molecule has 2 aromatic carbocycles. The molecule has 23 heavy (non-hydrogen) atoms. The van der Waals surface area contributed by atoms with Gasteiger partial charge in [0.1, 0.15) is 11.5 Å². The Kier molecular flexibility index (Phi) is 4.39. The first-order chi connectivity index (χ1) is 11.2. The van der Waals surface area contributed by atoms with Gasteiger partial charge in [0, 0.05) is 33.7 Å². The molecule has 0 atom stereocenters. The molecule has 0 spiro atoms. The van der Waals surface area contributed by atoms with Crippen LogP contribution < -0.4 is 9.47 Å². The largest absolute Gasteiger partial charge is 0.497 e. The van der Waals surface area contributed by atoms with Crippen molar-refractivity contribution in [3.05, 3.63) is 58.2 Å². The first-order valence-corrected chi connectivity index (χ1v) is 7.90. The molecule has 3 rings (SSSR count). The van der Waals surface area contributed by atoms with Crippen LogP contribution in [0.15, 0.2) is 47.1 Å². The van der Waals surface area contributed by atoms with Gasteiger partial charge in [-0.05, 0) is 42.0 Å². The summed E-state index contributed by atoms with van der Waals surface area (Å²) >= 11 is 3.57. The number of methoxy groups -OCH3 is 2. The molecule has 0 saturated carbocycles. The van der Waals surface area contributed by atoms with Crippen LogP contribution in [0.5, 0.6) is 11.5 Å². The van der Waals surface area contributed by atoms with Crippen LogP contribution in [-0.2, 0) is 6.54 Å². The van der Waals surface area contributed by atoms with Gasteiger partial charge in [-0.25, -0.2) is 0 Å². The third kappa shape index (κ3) is 2.97. The van der Waals surface area contributed by atoms with E-state index >= 15 is 0 Å². The minimum Gasteiger partial charge on any atom is -0.497 e. The number of carbonyl (C=O) groups is 1. The third-order valence-electron chi connectivity index (χ3n) is 3.84. The Morgan fingerprint density at radius 1 is 1.09 bits per heavy atom. The van der Waals surface area contributed by atoms with Crippen molar-refractivity contribution in [1.29, 1.82) is 0 Å². The molecule has 0 radical (unpaired) electrons. The molecule has 0 amide bonds. The SMILES string of the molecule is COc1ccc(Br)c(Cn2cc(C=O)c3cc(OC)ccc32)c1. The van der Waals surface area contributed by atoms with E-state index in [1.54, 1.807) is 14.2 Å². The van der Waals surface area contributed by atoms with Gasteiger partial charge in [-0.3, -0.25) is 4.79 Å². The van der Waals surface area contributed by atoms with E-state index in [0.29, 0.717) is 12.1 Å². The van der Waals surface area contributed by atoms with Crippen molar-refractivity contribution in [1.82, 2.24) is 4.57 Å². The zero-order valence-electron chi connectivity index (χ0n) is 12.9. The van der Waals surface area contributed by atoms with E-state index in [4.69, 9.17) is 9.47 Å². The molecule has 0 aliphatic heterocycles. The van der Waals surface area contributed by atoms with E-state index in [9.17, 15) is 4.79 Å². The summed E-state index contributed by atoms with van der Waals surface area (Å²) in [7, 11) is 3.26. The van der Waals surface area contributed by atoms with Gasteiger partial charge < -0.3 is 14.0 Å². The van der Waals surface area contributed by atoms with E-state index < -0.39 is 0 Å². The fourth-order valence-electron chi connectivity index (χ4n) is 2.64. The smallest absolute Gasteiger partial charge is 0.152 e. The number of hydrogen-bond donors (Lipinski definition) is 0. The number of rotatable bonds is 5. The molecule has 1 heterocycles. The molecular weight excluding hydrogens is 358 g/mol. The number of aldehydes is 1. The summed E-state index contributed by atoms with van der Waals surface area (Å²) in [5.74, 6) is 1.54. The Bertz CT molecular complexity index is 870. The molecule has 5 heteroatoms. The molecule has 0 saturated heterocycles. The normalized spacial score (nSPS) is 10.7. The standard InChI is InChI=1S/C18H16BrNO3/c1-22-14-3-5-17(19)12(7-14)9-20-10-13(11-21)16-8-15(23-2)4-6-18(16)20/h3-8,10-11H,9H2,1-2H3. The van der Waals surface area contributed by atoms with Crippen LogP contribution in [-0.4, -0.2) is 25.1 Å². The molecule has 0 fully saturated rings. The second kappa shape index (κ2) is 6.46.